The summed E-state index contributed by atoms with van der Waals surface area (Å²) in [6.07, 6.45) is 5.79. The molecule has 1 saturated carbocycles. The van der Waals surface area contributed by atoms with Gasteiger partial charge in [0.25, 0.3) is 0 Å². The van der Waals surface area contributed by atoms with Crippen LogP contribution < -0.4 is 5.73 Å². The molecule has 4 unspecified atom stereocenters. The monoisotopic (exact) mass is 246 g/mol. The minimum absolute atomic E-state index is 0. The number of halogens is 1. The van der Waals surface area contributed by atoms with Crippen molar-refractivity contribution in [2.75, 3.05) is 19.6 Å². The number of likely N-dealkylation sites (tertiary alicyclic amines) is 1. The van der Waals surface area contributed by atoms with Crippen molar-refractivity contribution in [2.45, 2.75) is 45.6 Å². The molecule has 2 aliphatic rings. The molecule has 0 bridgehead atoms. The van der Waals surface area contributed by atoms with Crippen LogP contribution in [0.25, 0.3) is 0 Å². The Kier molecular flexibility index (Phi) is 5.55. The standard InChI is InChI=1S/C13H26N2.ClH/c1-10-5-3-4-6-12(10)8-15-7-11(2)13(14)9-15;/h10-13H,3-9,14H2,1-2H3;1H. The molecule has 2 nitrogen and oxygen atoms in total. The van der Waals surface area contributed by atoms with E-state index in [1.165, 1.54) is 38.8 Å². The van der Waals surface area contributed by atoms with Gasteiger partial charge in [0.05, 0.1) is 0 Å². The zero-order valence-corrected chi connectivity index (χ0v) is 11.5. The van der Waals surface area contributed by atoms with Crippen LogP contribution in [0.3, 0.4) is 0 Å². The topological polar surface area (TPSA) is 29.3 Å². The van der Waals surface area contributed by atoms with Crippen molar-refractivity contribution in [3.05, 3.63) is 0 Å². The van der Waals surface area contributed by atoms with Gasteiger partial charge in [-0.3, -0.25) is 0 Å². The molecule has 0 spiro atoms. The average molecular weight is 247 g/mol. The number of hydrogen-bond donors (Lipinski definition) is 1. The van der Waals surface area contributed by atoms with Crippen molar-refractivity contribution in [3.63, 3.8) is 0 Å². The Morgan fingerprint density at radius 3 is 2.31 bits per heavy atom. The summed E-state index contributed by atoms with van der Waals surface area (Å²) in [5.41, 5.74) is 6.07. The Morgan fingerprint density at radius 2 is 1.75 bits per heavy atom. The largest absolute Gasteiger partial charge is 0.326 e. The maximum absolute atomic E-state index is 6.07. The maximum Gasteiger partial charge on any atom is 0.0206 e. The van der Waals surface area contributed by atoms with Gasteiger partial charge in [-0.25, -0.2) is 0 Å². The molecule has 0 aromatic heterocycles. The highest BCUT2D eigenvalue weighted by Gasteiger charge is 2.30. The zero-order valence-electron chi connectivity index (χ0n) is 10.7. The van der Waals surface area contributed by atoms with E-state index in [1.807, 2.05) is 0 Å². The minimum Gasteiger partial charge on any atom is -0.326 e. The first kappa shape index (κ1) is 14.3. The van der Waals surface area contributed by atoms with Crippen LogP contribution in [-0.4, -0.2) is 30.6 Å². The fourth-order valence-electron chi connectivity index (χ4n) is 3.24. The lowest BCUT2D eigenvalue weighted by molar-refractivity contribution is 0.177. The lowest BCUT2D eigenvalue weighted by Crippen LogP contribution is -2.34. The molecular formula is C13H27ClN2. The van der Waals surface area contributed by atoms with E-state index < -0.39 is 0 Å². The highest BCUT2D eigenvalue weighted by Crippen LogP contribution is 2.31. The molecule has 0 aromatic carbocycles. The SMILES string of the molecule is CC1CN(CC2CCCCC2C)CC1N.Cl. The Labute approximate surface area is 106 Å². The smallest absolute Gasteiger partial charge is 0.0206 e. The van der Waals surface area contributed by atoms with E-state index in [2.05, 4.69) is 18.7 Å². The second-order valence-corrected chi connectivity index (χ2v) is 5.88. The molecule has 1 saturated heterocycles. The maximum atomic E-state index is 6.07. The fraction of sp³-hybridized carbons (Fsp3) is 1.00. The molecule has 2 rings (SSSR count). The van der Waals surface area contributed by atoms with Crippen LogP contribution in [0.5, 0.6) is 0 Å². The van der Waals surface area contributed by atoms with Gasteiger partial charge in [-0.1, -0.05) is 33.1 Å². The van der Waals surface area contributed by atoms with Crippen molar-refractivity contribution < 1.29 is 0 Å². The lowest BCUT2D eigenvalue weighted by Gasteiger charge is -2.32. The van der Waals surface area contributed by atoms with Gasteiger partial charge in [0.1, 0.15) is 0 Å². The summed E-state index contributed by atoms with van der Waals surface area (Å²) in [7, 11) is 0. The molecular weight excluding hydrogens is 220 g/mol. The molecule has 1 heterocycles. The Balaban J connectivity index is 0.00000128. The Hall–Kier alpha value is 0.210. The van der Waals surface area contributed by atoms with Crippen LogP contribution in [0.2, 0.25) is 0 Å². The molecule has 3 heteroatoms. The van der Waals surface area contributed by atoms with E-state index in [1.54, 1.807) is 0 Å². The van der Waals surface area contributed by atoms with Crippen molar-refractivity contribution in [3.8, 4) is 0 Å². The van der Waals surface area contributed by atoms with Crippen LogP contribution in [-0.2, 0) is 0 Å². The molecule has 2 N–H and O–H groups in total. The van der Waals surface area contributed by atoms with Gasteiger partial charge in [-0.2, -0.15) is 0 Å². The average Bonchev–Trinajstić information content (AvgIpc) is 2.50. The first-order chi connectivity index (χ1) is 7.16. The van der Waals surface area contributed by atoms with E-state index in [0.29, 0.717) is 12.0 Å². The normalized spacial score (nSPS) is 40.7. The zero-order chi connectivity index (χ0) is 10.8. The first-order valence-electron chi connectivity index (χ1n) is 6.64. The van der Waals surface area contributed by atoms with Crippen LogP contribution in [0.1, 0.15) is 39.5 Å². The second kappa shape index (κ2) is 6.23. The summed E-state index contributed by atoms with van der Waals surface area (Å²) in [5, 5.41) is 0. The van der Waals surface area contributed by atoms with Crippen molar-refractivity contribution >= 4 is 12.4 Å². The van der Waals surface area contributed by atoms with Crippen molar-refractivity contribution in [2.24, 2.45) is 23.5 Å². The van der Waals surface area contributed by atoms with Gasteiger partial charge in [0.2, 0.25) is 0 Å². The van der Waals surface area contributed by atoms with E-state index in [4.69, 9.17) is 5.73 Å². The molecule has 1 aliphatic heterocycles. The van der Waals surface area contributed by atoms with E-state index >= 15 is 0 Å². The van der Waals surface area contributed by atoms with Crippen LogP contribution in [0.4, 0.5) is 0 Å². The van der Waals surface area contributed by atoms with E-state index in [9.17, 15) is 0 Å². The lowest BCUT2D eigenvalue weighted by atomic mass is 9.80. The molecule has 4 atom stereocenters. The number of nitrogens with two attached hydrogens (primary N) is 1. The highest BCUT2D eigenvalue weighted by molar-refractivity contribution is 5.85. The van der Waals surface area contributed by atoms with Crippen molar-refractivity contribution in [1.29, 1.82) is 0 Å². The van der Waals surface area contributed by atoms with E-state index in [0.717, 1.165) is 18.4 Å². The van der Waals surface area contributed by atoms with E-state index in [-0.39, 0.29) is 12.4 Å². The predicted molar refractivity (Wildman–Crippen MR) is 71.9 cm³/mol. The summed E-state index contributed by atoms with van der Waals surface area (Å²) >= 11 is 0. The third-order valence-corrected chi connectivity index (χ3v) is 4.53. The second-order valence-electron chi connectivity index (χ2n) is 5.88. The molecule has 0 radical (unpaired) electrons. The Morgan fingerprint density at radius 1 is 1.06 bits per heavy atom. The number of rotatable bonds is 2. The van der Waals surface area contributed by atoms with Gasteiger partial charge in [-0.15, -0.1) is 12.4 Å². The summed E-state index contributed by atoms with van der Waals surface area (Å²) < 4.78 is 0. The molecule has 2 fully saturated rings. The van der Waals surface area contributed by atoms with Gasteiger partial charge < -0.3 is 10.6 Å². The Bertz CT molecular complexity index is 200. The molecule has 0 amide bonds. The van der Waals surface area contributed by atoms with Gasteiger partial charge >= 0.3 is 0 Å². The predicted octanol–water partition coefficient (Wildman–Crippen LogP) is 2.51. The third kappa shape index (κ3) is 3.35. The molecule has 0 aromatic rings. The highest BCUT2D eigenvalue weighted by atomic mass is 35.5. The van der Waals surface area contributed by atoms with Crippen LogP contribution in [0, 0.1) is 17.8 Å². The summed E-state index contributed by atoms with van der Waals surface area (Å²) in [6.45, 7) is 8.38. The summed E-state index contributed by atoms with van der Waals surface area (Å²) in [5.74, 6) is 2.58. The fourth-order valence-corrected chi connectivity index (χ4v) is 3.24. The minimum atomic E-state index is 0. The summed E-state index contributed by atoms with van der Waals surface area (Å²) in [6, 6.07) is 0.420. The quantitative estimate of drug-likeness (QED) is 0.811. The summed E-state index contributed by atoms with van der Waals surface area (Å²) in [4.78, 5) is 2.60. The van der Waals surface area contributed by atoms with Gasteiger partial charge in [0.15, 0.2) is 0 Å². The van der Waals surface area contributed by atoms with Crippen LogP contribution >= 0.6 is 12.4 Å². The van der Waals surface area contributed by atoms with Crippen LogP contribution in [0.15, 0.2) is 0 Å². The third-order valence-electron chi connectivity index (χ3n) is 4.53. The van der Waals surface area contributed by atoms with Crippen molar-refractivity contribution in [1.82, 2.24) is 4.90 Å². The van der Waals surface area contributed by atoms with Gasteiger partial charge in [0, 0.05) is 25.7 Å². The van der Waals surface area contributed by atoms with Gasteiger partial charge in [-0.05, 0) is 24.2 Å². The molecule has 16 heavy (non-hydrogen) atoms. The molecule has 96 valence electrons. The first-order valence-corrected chi connectivity index (χ1v) is 6.64. The number of nitrogens with zero attached hydrogens (tertiary/aromatic N) is 1. The number of hydrogen-bond acceptors (Lipinski definition) is 2. The molecule has 1 aliphatic carbocycles.